The number of hydrogen-bond donors (Lipinski definition) is 1. The average Bonchev–Trinajstić information content (AvgIpc) is 2.35. The molecule has 1 aromatic carbocycles. The van der Waals surface area contributed by atoms with Crippen molar-refractivity contribution >= 4 is 12.2 Å². The molecule has 4 heteroatoms. The first-order valence-electron chi connectivity index (χ1n) is 5.30. The molecular weight excluding hydrogens is 220 g/mol. The Kier molecular flexibility index (Phi) is 5.07. The van der Waals surface area contributed by atoms with Crippen LogP contribution in [-0.2, 0) is 9.47 Å². The van der Waals surface area contributed by atoms with Gasteiger partial charge in [-0.2, -0.15) is 0 Å². The first-order valence-corrected chi connectivity index (χ1v) is 5.30. The topological polar surface area (TPSA) is 55.8 Å². The number of benzene rings is 1. The second-order valence-corrected chi connectivity index (χ2v) is 3.66. The molecule has 1 aromatic rings. The van der Waals surface area contributed by atoms with Crippen LogP contribution in [0.5, 0.6) is 5.75 Å². The van der Waals surface area contributed by atoms with Crippen molar-refractivity contribution in [3.63, 3.8) is 0 Å². The van der Waals surface area contributed by atoms with Crippen LogP contribution in [0.4, 0.5) is 4.79 Å². The predicted molar refractivity (Wildman–Crippen MR) is 64.7 cm³/mol. The van der Waals surface area contributed by atoms with Crippen LogP contribution in [0.2, 0.25) is 0 Å². The quantitative estimate of drug-likeness (QED) is 0.817. The van der Waals surface area contributed by atoms with E-state index in [-0.39, 0.29) is 18.3 Å². The fourth-order valence-electron chi connectivity index (χ4n) is 1.21. The van der Waals surface area contributed by atoms with Gasteiger partial charge in [-0.15, -0.1) is 0 Å². The van der Waals surface area contributed by atoms with Gasteiger partial charge in [-0.25, -0.2) is 4.79 Å². The maximum Gasteiger partial charge on any atom is 0.507 e. The number of ether oxygens (including phenoxy) is 2. The summed E-state index contributed by atoms with van der Waals surface area (Å²) < 4.78 is 9.15. The second kappa shape index (κ2) is 6.58. The SMILES string of the molecule is COC(=O)OCC(C)/C=C/c1ccccc1O. The molecule has 0 saturated carbocycles. The molecule has 0 spiro atoms. The zero-order valence-corrected chi connectivity index (χ0v) is 9.92. The first-order chi connectivity index (χ1) is 8.13. The van der Waals surface area contributed by atoms with Gasteiger partial charge in [0.05, 0.1) is 7.11 Å². The summed E-state index contributed by atoms with van der Waals surface area (Å²) in [5, 5.41) is 9.52. The lowest BCUT2D eigenvalue weighted by Crippen LogP contribution is -2.10. The number of phenols is 1. The third-order valence-corrected chi connectivity index (χ3v) is 2.17. The number of methoxy groups -OCH3 is 1. The highest BCUT2D eigenvalue weighted by atomic mass is 16.7. The Bertz CT molecular complexity index is 398. The third-order valence-electron chi connectivity index (χ3n) is 2.17. The molecule has 1 N–H and O–H groups in total. The van der Waals surface area contributed by atoms with E-state index in [1.165, 1.54) is 7.11 Å². The van der Waals surface area contributed by atoms with E-state index in [1.807, 2.05) is 19.1 Å². The molecule has 0 amide bonds. The molecule has 1 unspecified atom stereocenters. The maximum atomic E-state index is 10.7. The van der Waals surface area contributed by atoms with Crippen LogP contribution in [-0.4, -0.2) is 25.0 Å². The zero-order valence-electron chi connectivity index (χ0n) is 9.92. The van der Waals surface area contributed by atoms with Crippen molar-refractivity contribution in [3.8, 4) is 5.75 Å². The molecule has 4 nitrogen and oxygen atoms in total. The van der Waals surface area contributed by atoms with Gasteiger partial charge in [-0.05, 0) is 6.07 Å². The molecule has 0 aliphatic rings. The van der Waals surface area contributed by atoms with Crippen LogP contribution in [0, 0.1) is 5.92 Å². The van der Waals surface area contributed by atoms with E-state index in [0.717, 1.165) is 5.56 Å². The number of aromatic hydroxyl groups is 1. The molecule has 0 radical (unpaired) electrons. The summed E-state index contributed by atoms with van der Waals surface area (Å²) in [6.07, 6.45) is 2.96. The fourth-order valence-corrected chi connectivity index (χ4v) is 1.21. The van der Waals surface area contributed by atoms with Gasteiger partial charge in [0, 0.05) is 11.5 Å². The highest BCUT2D eigenvalue weighted by Gasteiger charge is 2.04. The molecule has 0 aliphatic carbocycles. The van der Waals surface area contributed by atoms with Crippen molar-refractivity contribution in [1.82, 2.24) is 0 Å². The van der Waals surface area contributed by atoms with E-state index in [2.05, 4.69) is 4.74 Å². The smallest absolute Gasteiger partial charge is 0.507 e. The van der Waals surface area contributed by atoms with Crippen molar-refractivity contribution < 1.29 is 19.4 Å². The number of carbonyl (C=O) groups is 1. The first kappa shape index (κ1) is 13.1. The normalized spacial score (nSPS) is 12.4. The van der Waals surface area contributed by atoms with Crippen molar-refractivity contribution in [2.75, 3.05) is 13.7 Å². The van der Waals surface area contributed by atoms with Crippen LogP contribution >= 0.6 is 0 Å². The van der Waals surface area contributed by atoms with Crippen LogP contribution in [0.1, 0.15) is 12.5 Å². The number of rotatable bonds is 4. The molecule has 0 fully saturated rings. The number of carbonyl (C=O) groups excluding carboxylic acids is 1. The summed E-state index contributed by atoms with van der Waals surface area (Å²) in [5.74, 6) is 0.276. The summed E-state index contributed by atoms with van der Waals surface area (Å²) in [5.41, 5.74) is 0.734. The summed E-state index contributed by atoms with van der Waals surface area (Å²) >= 11 is 0. The molecule has 0 aliphatic heterocycles. The summed E-state index contributed by atoms with van der Waals surface area (Å²) in [6, 6.07) is 7.03. The van der Waals surface area contributed by atoms with Gasteiger partial charge in [0.25, 0.3) is 0 Å². The monoisotopic (exact) mass is 236 g/mol. The van der Waals surface area contributed by atoms with Crippen LogP contribution in [0.3, 0.4) is 0 Å². The van der Waals surface area contributed by atoms with Gasteiger partial charge < -0.3 is 14.6 Å². The predicted octanol–water partition coefficient (Wildman–Crippen LogP) is 2.82. The standard InChI is InChI=1S/C13H16O4/c1-10(9-17-13(15)16-2)7-8-11-5-3-4-6-12(11)14/h3-8,10,14H,9H2,1-2H3/b8-7+. The minimum absolute atomic E-state index is 0.0497. The van der Waals surface area contributed by atoms with E-state index < -0.39 is 6.16 Å². The second-order valence-electron chi connectivity index (χ2n) is 3.66. The lowest BCUT2D eigenvalue weighted by atomic mass is 10.1. The summed E-state index contributed by atoms with van der Waals surface area (Å²) in [7, 11) is 1.27. The molecule has 17 heavy (non-hydrogen) atoms. The minimum atomic E-state index is -0.687. The molecule has 0 saturated heterocycles. The van der Waals surface area contributed by atoms with Gasteiger partial charge in [0.1, 0.15) is 12.4 Å². The van der Waals surface area contributed by atoms with Crippen LogP contribution in [0.15, 0.2) is 30.3 Å². The Hall–Kier alpha value is -1.97. The Morgan fingerprint density at radius 2 is 2.18 bits per heavy atom. The Labute approximate surface area is 100 Å². The van der Waals surface area contributed by atoms with Gasteiger partial charge in [0.2, 0.25) is 0 Å². The van der Waals surface area contributed by atoms with Crippen molar-refractivity contribution in [1.29, 1.82) is 0 Å². The highest BCUT2D eigenvalue weighted by Crippen LogP contribution is 2.17. The van der Waals surface area contributed by atoms with E-state index in [4.69, 9.17) is 4.74 Å². The van der Waals surface area contributed by atoms with E-state index in [9.17, 15) is 9.90 Å². The molecule has 0 bridgehead atoms. The number of hydrogen-bond acceptors (Lipinski definition) is 4. The fraction of sp³-hybridized carbons (Fsp3) is 0.308. The van der Waals surface area contributed by atoms with Crippen LogP contribution < -0.4 is 0 Å². The molecule has 0 heterocycles. The van der Waals surface area contributed by atoms with E-state index in [0.29, 0.717) is 0 Å². The van der Waals surface area contributed by atoms with Gasteiger partial charge in [-0.3, -0.25) is 0 Å². The lowest BCUT2D eigenvalue weighted by Gasteiger charge is -2.06. The summed E-state index contributed by atoms with van der Waals surface area (Å²) in [4.78, 5) is 10.7. The van der Waals surface area contributed by atoms with E-state index >= 15 is 0 Å². The number of phenolic OH excluding ortho intramolecular Hbond substituents is 1. The van der Waals surface area contributed by atoms with Gasteiger partial charge in [0.15, 0.2) is 0 Å². The van der Waals surface area contributed by atoms with Crippen molar-refractivity contribution in [2.45, 2.75) is 6.92 Å². The summed E-state index contributed by atoms with van der Waals surface area (Å²) in [6.45, 7) is 2.15. The molecule has 1 atom stereocenters. The van der Waals surface area contributed by atoms with Crippen molar-refractivity contribution in [3.05, 3.63) is 35.9 Å². The minimum Gasteiger partial charge on any atom is -0.507 e. The Balaban J connectivity index is 2.48. The van der Waals surface area contributed by atoms with Crippen LogP contribution in [0.25, 0.3) is 6.08 Å². The van der Waals surface area contributed by atoms with Gasteiger partial charge >= 0.3 is 6.16 Å². The molecular formula is C13H16O4. The van der Waals surface area contributed by atoms with Crippen molar-refractivity contribution in [2.24, 2.45) is 5.92 Å². The maximum absolute atomic E-state index is 10.7. The zero-order chi connectivity index (χ0) is 12.7. The largest absolute Gasteiger partial charge is 0.507 e. The van der Waals surface area contributed by atoms with E-state index in [1.54, 1.807) is 24.3 Å². The average molecular weight is 236 g/mol. The highest BCUT2D eigenvalue weighted by molar-refractivity contribution is 5.59. The third kappa shape index (κ3) is 4.59. The molecule has 1 rings (SSSR count). The lowest BCUT2D eigenvalue weighted by molar-refractivity contribution is 0.0665. The molecule has 0 aromatic heterocycles. The van der Waals surface area contributed by atoms with Gasteiger partial charge in [-0.1, -0.05) is 37.3 Å². The number of para-hydroxylation sites is 1. The Morgan fingerprint density at radius 3 is 2.82 bits per heavy atom. The molecule has 92 valence electrons. The Morgan fingerprint density at radius 1 is 1.47 bits per heavy atom.